The molecular formula is C21H26ClN3O3. The van der Waals surface area contributed by atoms with Crippen LogP contribution in [0.3, 0.4) is 0 Å². The number of hydrogen-bond donors (Lipinski definition) is 0. The van der Waals surface area contributed by atoms with E-state index in [4.69, 9.17) is 21.1 Å². The molecule has 2 heterocycles. The van der Waals surface area contributed by atoms with Crippen LogP contribution in [0.15, 0.2) is 48.8 Å². The van der Waals surface area contributed by atoms with Gasteiger partial charge in [0.2, 0.25) is 0 Å². The number of benzene rings is 1. The number of amides is 1. The van der Waals surface area contributed by atoms with Gasteiger partial charge in [-0.05, 0) is 48.4 Å². The second-order valence-electron chi connectivity index (χ2n) is 6.72. The average Bonchev–Trinajstić information content (AvgIpc) is 2.74. The van der Waals surface area contributed by atoms with Crippen LogP contribution in [0.1, 0.15) is 12.0 Å². The molecule has 28 heavy (non-hydrogen) atoms. The number of hydrogen-bond acceptors (Lipinski definition) is 5. The Morgan fingerprint density at radius 1 is 1.14 bits per heavy atom. The summed E-state index contributed by atoms with van der Waals surface area (Å²) < 4.78 is 11.0. The van der Waals surface area contributed by atoms with Gasteiger partial charge in [0.15, 0.2) is 6.61 Å². The third-order valence-electron chi connectivity index (χ3n) is 4.66. The highest BCUT2D eigenvalue weighted by Gasteiger charge is 2.16. The summed E-state index contributed by atoms with van der Waals surface area (Å²) in [5, 5.41) is 0.640. The van der Waals surface area contributed by atoms with Gasteiger partial charge < -0.3 is 14.4 Å². The maximum absolute atomic E-state index is 12.8. The molecule has 1 aromatic heterocycles. The highest BCUT2D eigenvalue weighted by Crippen LogP contribution is 2.16. The third-order valence-corrected chi connectivity index (χ3v) is 4.91. The Hall–Kier alpha value is -2.15. The van der Waals surface area contributed by atoms with Gasteiger partial charge in [0.1, 0.15) is 5.75 Å². The van der Waals surface area contributed by atoms with Gasteiger partial charge in [-0.15, -0.1) is 0 Å². The molecule has 0 saturated carbocycles. The molecule has 1 fully saturated rings. The zero-order valence-corrected chi connectivity index (χ0v) is 16.7. The van der Waals surface area contributed by atoms with Gasteiger partial charge in [-0.25, -0.2) is 0 Å². The lowest BCUT2D eigenvalue weighted by Gasteiger charge is -2.28. The predicted molar refractivity (Wildman–Crippen MR) is 108 cm³/mol. The Labute approximate surface area is 171 Å². The van der Waals surface area contributed by atoms with Crippen molar-refractivity contribution < 1.29 is 14.3 Å². The van der Waals surface area contributed by atoms with Crippen LogP contribution in [-0.4, -0.2) is 66.7 Å². The first-order chi connectivity index (χ1) is 13.7. The molecule has 6 nitrogen and oxygen atoms in total. The first-order valence-corrected chi connectivity index (χ1v) is 9.93. The van der Waals surface area contributed by atoms with Crippen LogP contribution in [0.2, 0.25) is 5.02 Å². The smallest absolute Gasteiger partial charge is 0.260 e. The van der Waals surface area contributed by atoms with E-state index in [2.05, 4.69) is 9.88 Å². The lowest BCUT2D eigenvalue weighted by molar-refractivity contribution is -0.134. The highest BCUT2D eigenvalue weighted by molar-refractivity contribution is 6.30. The van der Waals surface area contributed by atoms with E-state index >= 15 is 0 Å². The number of ether oxygens (including phenoxy) is 2. The molecule has 0 unspecified atom stereocenters. The molecule has 3 rings (SSSR count). The number of rotatable bonds is 9. The number of aromatic nitrogens is 1. The molecule has 2 aromatic rings. The van der Waals surface area contributed by atoms with Gasteiger partial charge in [-0.3, -0.25) is 14.7 Å². The van der Waals surface area contributed by atoms with Crippen molar-refractivity contribution in [3.05, 3.63) is 59.4 Å². The molecule has 1 aliphatic heterocycles. The number of pyridine rings is 1. The van der Waals surface area contributed by atoms with E-state index in [1.54, 1.807) is 36.7 Å². The molecule has 1 aromatic carbocycles. The summed E-state index contributed by atoms with van der Waals surface area (Å²) in [5.41, 5.74) is 1.06. The second kappa shape index (κ2) is 11.0. The minimum absolute atomic E-state index is 0.00424. The minimum atomic E-state index is -0.0336. The summed E-state index contributed by atoms with van der Waals surface area (Å²) in [7, 11) is 0. The molecule has 1 amide bonds. The van der Waals surface area contributed by atoms with Crippen LogP contribution >= 0.6 is 11.6 Å². The van der Waals surface area contributed by atoms with Crippen LogP contribution in [0.5, 0.6) is 5.75 Å². The summed E-state index contributed by atoms with van der Waals surface area (Å²) in [6.45, 7) is 5.68. The van der Waals surface area contributed by atoms with Crippen molar-refractivity contribution in [2.24, 2.45) is 0 Å². The fourth-order valence-electron chi connectivity index (χ4n) is 3.08. The molecule has 1 aliphatic rings. The Bertz CT molecular complexity index is 721. The Morgan fingerprint density at radius 2 is 1.86 bits per heavy atom. The van der Waals surface area contributed by atoms with Crippen LogP contribution in [0.25, 0.3) is 0 Å². The number of morpholine rings is 1. The van der Waals surface area contributed by atoms with Gasteiger partial charge in [-0.1, -0.05) is 11.6 Å². The number of halogens is 1. The first-order valence-electron chi connectivity index (χ1n) is 9.56. The SMILES string of the molecule is O=C(COc1ccc(Cl)cc1)N(CCCN1CCOCC1)Cc1ccncc1. The standard InChI is InChI=1S/C21H26ClN3O3/c22-19-2-4-20(5-3-19)28-17-21(26)25(16-18-6-8-23-9-7-18)11-1-10-24-12-14-27-15-13-24/h2-9H,1,10-17H2. The molecule has 150 valence electrons. The van der Waals surface area contributed by atoms with Crippen LogP contribution < -0.4 is 4.74 Å². The van der Waals surface area contributed by atoms with E-state index in [9.17, 15) is 4.79 Å². The molecule has 0 atom stereocenters. The Kier molecular flexibility index (Phi) is 8.08. The monoisotopic (exact) mass is 403 g/mol. The van der Waals surface area contributed by atoms with E-state index in [0.717, 1.165) is 44.8 Å². The quantitative estimate of drug-likeness (QED) is 0.644. The van der Waals surface area contributed by atoms with Crippen LogP contribution in [0, 0.1) is 0 Å². The van der Waals surface area contributed by atoms with E-state index in [-0.39, 0.29) is 12.5 Å². The van der Waals surface area contributed by atoms with Gasteiger partial charge in [0.05, 0.1) is 13.2 Å². The zero-order chi connectivity index (χ0) is 19.6. The van der Waals surface area contributed by atoms with Crippen molar-refractivity contribution in [2.45, 2.75) is 13.0 Å². The molecule has 0 spiro atoms. The van der Waals surface area contributed by atoms with Gasteiger partial charge in [0.25, 0.3) is 5.91 Å². The summed E-state index contributed by atoms with van der Waals surface area (Å²) in [5.74, 6) is 0.601. The lowest BCUT2D eigenvalue weighted by atomic mass is 10.2. The largest absolute Gasteiger partial charge is 0.484 e. The Morgan fingerprint density at radius 3 is 2.57 bits per heavy atom. The Balaban J connectivity index is 1.54. The predicted octanol–water partition coefficient (Wildman–Crippen LogP) is 2.86. The zero-order valence-electron chi connectivity index (χ0n) is 15.9. The van der Waals surface area contributed by atoms with E-state index in [1.165, 1.54) is 0 Å². The van der Waals surface area contributed by atoms with E-state index in [0.29, 0.717) is 23.9 Å². The van der Waals surface area contributed by atoms with E-state index in [1.807, 2.05) is 17.0 Å². The minimum Gasteiger partial charge on any atom is -0.484 e. The van der Waals surface area contributed by atoms with Gasteiger partial charge in [-0.2, -0.15) is 0 Å². The fourth-order valence-corrected chi connectivity index (χ4v) is 3.20. The van der Waals surface area contributed by atoms with Gasteiger partial charge >= 0.3 is 0 Å². The maximum Gasteiger partial charge on any atom is 0.260 e. The van der Waals surface area contributed by atoms with Crippen molar-refractivity contribution in [1.82, 2.24) is 14.8 Å². The third kappa shape index (κ3) is 6.78. The molecule has 1 saturated heterocycles. The van der Waals surface area contributed by atoms with Crippen LogP contribution in [-0.2, 0) is 16.1 Å². The molecule has 0 aliphatic carbocycles. The molecule has 7 heteroatoms. The summed E-state index contributed by atoms with van der Waals surface area (Å²) >= 11 is 5.89. The summed E-state index contributed by atoms with van der Waals surface area (Å²) in [4.78, 5) is 21.1. The summed E-state index contributed by atoms with van der Waals surface area (Å²) in [6.07, 6.45) is 4.41. The lowest BCUT2D eigenvalue weighted by Crippen LogP contribution is -2.40. The van der Waals surface area contributed by atoms with Crippen molar-refractivity contribution in [2.75, 3.05) is 46.0 Å². The second-order valence-corrected chi connectivity index (χ2v) is 7.16. The number of carbonyl (C=O) groups excluding carboxylic acids is 1. The number of nitrogens with zero attached hydrogens (tertiary/aromatic N) is 3. The average molecular weight is 404 g/mol. The van der Waals surface area contributed by atoms with Crippen molar-refractivity contribution in [3.63, 3.8) is 0 Å². The van der Waals surface area contributed by atoms with Gasteiger partial charge in [0, 0.05) is 50.1 Å². The topological polar surface area (TPSA) is 54.9 Å². The number of carbonyl (C=O) groups is 1. The van der Waals surface area contributed by atoms with Crippen LogP contribution in [0.4, 0.5) is 0 Å². The maximum atomic E-state index is 12.8. The van der Waals surface area contributed by atoms with Crippen molar-refractivity contribution >= 4 is 17.5 Å². The highest BCUT2D eigenvalue weighted by atomic mass is 35.5. The molecular weight excluding hydrogens is 378 g/mol. The summed E-state index contributed by atoms with van der Waals surface area (Å²) in [6, 6.07) is 10.9. The first kappa shape index (κ1) is 20.6. The molecule has 0 bridgehead atoms. The normalized spacial score (nSPS) is 14.6. The van der Waals surface area contributed by atoms with Crippen molar-refractivity contribution in [3.8, 4) is 5.75 Å². The fraction of sp³-hybridized carbons (Fsp3) is 0.429. The van der Waals surface area contributed by atoms with Crippen molar-refractivity contribution in [1.29, 1.82) is 0 Å². The van der Waals surface area contributed by atoms with E-state index < -0.39 is 0 Å². The molecule has 0 radical (unpaired) electrons. The molecule has 0 N–H and O–H groups in total.